The lowest BCUT2D eigenvalue weighted by Gasteiger charge is -1.95. The van der Waals surface area contributed by atoms with Crippen LogP contribution in [0.2, 0.25) is 0 Å². The van der Waals surface area contributed by atoms with Crippen molar-refractivity contribution in [1.29, 1.82) is 0 Å². The smallest absolute Gasteiger partial charge is 0.264 e. The van der Waals surface area contributed by atoms with E-state index >= 15 is 0 Å². The predicted molar refractivity (Wildman–Crippen MR) is 57.4 cm³/mol. The fourth-order valence-corrected chi connectivity index (χ4v) is 1.38. The van der Waals surface area contributed by atoms with E-state index in [2.05, 4.69) is 0 Å². The number of rotatable bonds is 0. The van der Waals surface area contributed by atoms with Crippen LogP contribution in [0.5, 0.6) is 0 Å². The zero-order chi connectivity index (χ0) is 10.6. The van der Waals surface area contributed by atoms with E-state index in [-0.39, 0.29) is 0 Å². The van der Waals surface area contributed by atoms with Crippen LogP contribution in [0.1, 0.15) is 19.4 Å². The average Bonchev–Trinajstić information content (AvgIpc) is 2.23. The van der Waals surface area contributed by atoms with E-state index < -0.39 is 0 Å². The van der Waals surface area contributed by atoms with Gasteiger partial charge in [-0.1, -0.05) is 26.0 Å². The summed E-state index contributed by atoms with van der Waals surface area (Å²) in [7, 11) is 0. The standard InChI is InChI=1S/C10H10NO.C2H6/c1-8-4-2-6-10-9(8)5-3-7-11(10)12;1-2/h2-7,12H,1H3;1-2H3/q+1;. The highest BCUT2D eigenvalue weighted by Gasteiger charge is 2.06. The summed E-state index contributed by atoms with van der Waals surface area (Å²) in [5.41, 5.74) is 2.02. The van der Waals surface area contributed by atoms with E-state index in [1.54, 1.807) is 6.20 Å². The van der Waals surface area contributed by atoms with Crippen molar-refractivity contribution in [1.82, 2.24) is 0 Å². The Morgan fingerprint density at radius 2 is 1.79 bits per heavy atom. The first kappa shape index (κ1) is 10.5. The predicted octanol–water partition coefficient (Wildman–Crippen LogP) is 2.70. The second kappa shape index (κ2) is 4.61. The van der Waals surface area contributed by atoms with Crippen molar-refractivity contribution in [3.63, 3.8) is 0 Å². The third kappa shape index (κ3) is 1.84. The molecule has 0 fully saturated rings. The highest BCUT2D eigenvalue weighted by Crippen LogP contribution is 2.12. The lowest BCUT2D eigenvalue weighted by Crippen LogP contribution is -2.29. The molecule has 1 aromatic carbocycles. The molecule has 0 bridgehead atoms. The van der Waals surface area contributed by atoms with Gasteiger partial charge in [0.05, 0.1) is 5.39 Å². The Morgan fingerprint density at radius 3 is 2.43 bits per heavy atom. The summed E-state index contributed by atoms with van der Waals surface area (Å²) in [6, 6.07) is 9.68. The molecule has 0 amide bonds. The highest BCUT2D eigenvalue weighted by molar-refractivity contribution is 5.78. The topological polar surface area (TPSA) is 24.1 Å². The zero-order valence-corrected chi connectivity index (χ0v) is 8.86. The van der Waals surface area contributed by atoms with Crippen LogP contribution in [0, 0.1) is 6.92 Å². The monoisotopic (exact) mass is 190 g/mol. The first-order valence-corrected chi connectivity index (χ1v) is 4.88. The molecule has 1 N–H and O–H groups in total. The summed E-state index contributed by atoms with van der Waals surface area (Å²) >= 11 is 0. The molecule has 1 heterocycles. The minimum Gasteiger partial charge on any atom is -0.285 e. The number of aryl methyl sites for hydroxylation is 1. The lowest BCUT2D eigenvalue weighted by molar-refractivity contribution is -0.884. The van der Waals surface area contributed by atoms with Gasteiger partial charge in [0.1, 0.15) is 0 Å². The molecule has 2 aromatic rings. The molecule has 0 aliphatic carbocycles. The van der Waals surface area contributed by atoms with Crippen molar-refractivity contribution in [3.8, 4) is 0 Å². The Kier molecular flexibility index (Phi) is 3.46. The zero-order valence-electron chi connectivity index (χ0n) is 8.86. The number of hydrogen-bond acceptors (Lipinski definition) is 1. The summed E-state index contributed by atoms with van der Waals surface area (Å²) < 4.78 is 1.14. The Bertz CT molecular complexity index is 382. The van der Waals surface area contributed by atoms with Gasteiger partial charge in [0.2, 0.25) is 6.20 Å². The van der Waals surface area contributed by atoms with Gasteiger partial charge in [0.15, 0.2) is 0 Å². The average molecular weight is 190 g/mol. The molecular weight excluding hydrogens is 174 g/mol. The van der Waals surface area contributed by atoms with Gasteiger partial charge >= 0.3 is 0 Å². The van der Waals surface area contributed by atoms with E-state index in [1.807, 2.05) is 51.1 Å². The van der Waals surface area contributed by atoms with E-state index in [9.17, 15) is 5.21 Å². The highest BCUT2D eigenvalue weighted by atomic mass is 16.5. The second-order valence-corrected chi connectivity index (χ2v) is 2.86. The van der Waals surface area contributed by atoms with E-state index in [0.29, 0.717) is 0 Å². The third-order valence-corrected chi connectivity index (χ3v) is 2.04. The quantitative estimate of drug-likeness (QED) is 0.501. The van der Waals surface area contributed by atoms with Crippen LogP contribution in [0.15, 0.2) is 36.5 Å². The molecular formula is C12H16NO+. The summed E-state index contributed by atoms with van der Waals surface area (Å²) in [6.45, 7) is 6.03. The van der Waals surface area contributed by atoms with Crippen LogP contribution in [-0.2, 0) is 0 Å². The fourth-order valence-electron chi connectivity index (χ4n) is 1.38. The maximum Gasteiger partial charge on any atom is 0.264 e. The van der Waals surface area contributed by atoms with Crippen molar-refractivity contribution in [2.45, 2.75) is 20.8 Å². The number of nitrogens with zero attached hydrogens (tertiary/aromatic N) is 1. The normalized spacial score (nSPS) is 9.36. The van der Waals surface area contributed by atoms with Crippen LogP contribution in [-0.4, -0.2) is 5.21 Å². The van der Waals surface area contributed by atoms with E-state index in [4.69, 9.17) is 0 Å². The molecule has 0 aliphatic heterocycles. The molecule has 0 atom stereocenters. The molecule has 0 radical (unpaired) electrons. The Hall–Kier alpha value is -1.57. The molecule has 0 aliphatic rings. The number of fused-ring (bicyclic) bond motifs is 1. The minimum atomic E-state index is 0.845. The Morgan fingerprint density at radius 1 is 1.07 bits per heavy atom. The maximum atomic E-state index is 9.41. The number of hydrogen-bond donors (Lipinski definition) is 1. The van der Waals surface area contributed by atoms with Gasteiger partial charge in [0, 0.05) is 16.9 Å². The van der Waals surface area contributed by atoms with Crippen LogP contribution >= 0.6 is 0 Å². The van der Waals surface area contributed by atoms with E-state index in [0.717, 1.165) is 15.6 Å². The van der Waals surface area contributed by atoms with Gasteiger partial charge in [-0.05, 0) is 18.6 Å². The summed E-state index contributed by atoms with van der Waals surface area (Å²) in [6.07, 6.45) is 1.63. The summed E-state index contributed by atoms with van der Waals surface area (Å²) in [4.78, 5) is 0. The van der Waals surface area contributed by atoms with E-state index in [1.165, 1.54) is 5.56 Å². The van der Waals surface area contributed by atoms with Gasteiger partial charge in [-0.2, -0.15) is 0 Å². The maximum absolute atomic E-state index is 9.41. The SMILES string of the molecule is CC.Cc1cccc2c1ccc[n+]2O. The molecule has 14 heavy (non-hydrogen) atoms. The second-order valence-electron chi connectivity index (χ2n) is 2.86. The lowest BCUT2D eigenvalue weighted by atomic mass is 10.1. The summed E-state index contributed by atoms with van der Waals surface area (Å²) in [5.74, 6) is 0. The van der Waals surface area contributed by atoms with Gasteiger partial charge in [-0.15, -0.1) is 0 Å². The van der Waals surface area contributed by atoms with Crippen molar-refractivity contribution in [3.05, 3.63) is 42.1 Å². The van der Waals surface area contributed by atoms with Crippen molar-refractivity contribution in [2.75, 3.05) is 0 Å². The molecule has 74 valence electrons. The van der Waals surface area contributed by atoms with Crippen LogP contribution in [0.4, 0.5) is 0 Å². The van der Waals surface area contributed by atoms with Gasteiger partial charge in [0.25, 0.3) is 5.52 Å². The molecule has 0 saturated heterocycles. The molecule has 0 unspecified atom stereocenters. The molecule has 0 saturated carbocycles. The Balaban J connectivity index is 0.000000461. The van der Waals surface area contributed by atoms with Gasteiger partial charge in [-0.25, -0.2) is 0 Å². The molecule has 1 aromatic heterocycles. The minimum absolute atomic E-state index is 0.845. The molecule has 2 heteroatoms. The van der Waals surface area contributed by atoms with Crippen molar-refractivity contribution in [2.24, 2.45) is 0 Å². The summed E-state index contributed by atoms with van der Waals surface area (Å²) in [5, 5.41) is 10.5. The molecule has 2 nitrogen and oxygen atoms in total. The van der Waals surface area contributed by atoms with Crippen molar-refractivity contribution >= 4 is 10.9 Å². The van der Waals surface area contributed by atoms with Crippen LogP contribution < -0.4 is 4.73 Å². The van der Waals surface area contributed by atoms with Crippen LogP contribution in [0.25, 0.3) is 10.9 Å². The van der Waals surface area contributed by atoms with Crippen LogP contribution in [0.3, 0.4) is 0 Å². The first-order valence-electron chi connectivity index (χ1n) is 4.88. The van der Waals surface area contributed by atoms with Gasteiger partial charge < -0.3 is 0 Å². The number of aromatic nitrogens is 1. The first-order chi connectivity index (χ1) is 6.79. The fraction of sp³-hybridized carbons (Fsp3) is 0.250. The number of pyridine rings is 1. The van der Waals surface area contributed by atoms with Crippen molar-refractivity contribution < 1.29 is 9.94 Å². The molecule has 0 spiro atoms. The van der Waals surface area contributed by atoms with Gasteiger partial charge in [-0.3, -0.25) is 5.21 Å². The largest absolute Gasteiger partial charge is 0.285 e. The number of benzene rings is 1. The third-order valence-electron chi connectivity index (χ3n) is 2.04. The molecule has 2 rings (SSSR count). The Labute approximate surface area is 84.4 Å².